The molecule has 0 aliphatic heterocycles. The molecule has 0 aromatic carbocycles. The highest BCUT2D eigenvalue weighted by atomic mass is 16.2. The van der Waals surface area contributed by atoms with Crippen LogP contribution in [0.5, 0.6) is 0 Å². The van der Waals surface area contributed by atoms with Crippen LogP contribution in [0.25, 0.3) is 0 Å². The van der Waals surface area contributed by atoms with Crippen molar-refractivity contribution in [3.8, 4) is 6.07 Å². The molecule has 0 aromatic heterocycles. The highest BCUT2D eigenvalue weighted by Crippen LogP contribution is 2.17. The zero-order valence-electron chi connectivity index (χ0n) is 10.0. The van der Waals surface area contributed by atoms with E-state index in [2.05, 4.69) is 11.4 Å². The molecule has 1 aliphatic carbocycles. The molecular weight excluding hydrogens is 202 g/mol. The van der Waals surface area contributed by atoms with Crippen molar-refractivity contribution < 1.29 is 4.79 Å². The topological polar surface area (TPSA) is 56.1 Å². The molecule has 0 radical (unpaired) electrons. The van der Waals surface area contributed by atoms with Gasteiger partial charge in [0.1, 0.15) is 0 Å². The number of nitrogens with zero attached hydrogens (tertiary/aromatic N) is 2. The van der Waals surface area contributed by atoms with Gasteiger partial charge in [-0.2, -0.15) is 5.26 Å². The van der Waals surface area contributed by atoms with Gasteiger partial charge in [-0.3, -0.25) is 9.69 Å². The largest absolute Gasteiger partial charge is 0.352 e. The molecule has 0 aromatic rings. The first kappa shape index (κ1) is 13.0. The first-order valence-corrected chi connectivity index (χ1v) is 6.15. The Morgan fingerprint density at radius 1 is 1.44 bits per heavy atom. The quantitative estimate of drug-likeness (QED) is 0.714. The molecule has 1 N–H and O–H groups in total. The van der Waals surface area contributed by atoms with Crippen LogP contribution in [0.3, 0.4) is 0 Å². The third-order valence-electron chi connectivity index (χ3n) is 3.08. The van der Waals surface area contributed by atoms with Crippen LogP contribution in [0.15, 0.2) is 0 Å². The van der Waals surface area contributed by atoms with Gasteiger partial charge in [-0.1, -0.05) is 26.2 Å². The van der Waals surface area contributed by atoms with E-state index in [1.165, 1.54) is 19.3 Å². The van der Waals surface area contributed by atoms with Crippen molar-refractivity contribution in [2.75, 3.05) is 19.6 Å². The Balaban J connectivity index is 2.25. The first-order chi connectivity index (χ1) is 7.76. The monoisotopic (exact) mass is 223 g/mol. The van der Waals surface area contributed by atoms with Crippen LogP contribution in [0.2, 0.25) is 0 Å². The SMILES string of the molecule is CCN(CC#N)CC(=O)NC1CCCCC1. The lowest BCUT2D eigenvalue weighted by Crippen LogP contribution is -2.42. The maximum absolute atomic E-state index is 11.7. The highest BCUT2D eigenvalue weighted by Gasteiger charge is 2.16. The number of rotatable bonds is 5. The Bertz CT molecular complexity index is 253. The molecule has 1 fully saturated rings. The molecule has 90 valence electrons. The molecule has 4 nitrogen and oxygen atoms in total. The maximum Gasteiger partial charge on any atom is 0.234 e. The Morgan fingerprint density at radius 3 is 2.69 bits per heavy atom. The fraction of sp³-hybridized carbons (Fsp3) is 0.833. The molecule has 0 saturated heterocycles. The van der Waals surface area contributed by atoms with Crippen molar-refractivity contribution in [1.82, 2.24) is 10.2 Å². The molecule has 0 heterocycles. The fourth-order valence-corrected chi connectivity index (χ4v) is 2.10. The van der Waals surface area contributed by atoms with E-state index in [4.69, 9.17) is 5.26 Å². The van der Waals surface area contributed by atoms with Gasteiger partial charge in [0.2, 0.25) is 5.91 Å². The van der Waals surface area contributed by atoms with Gasteiger partial charge in [0.25, 0.3) is 0 Å². The molecule has 1 rings (SSSR count). The van der Waals surface area contributed by atoms with Crippen molar-refractivity contribution in [1.29, 1.82) is 5.26 Å². The number of carbonyl (C=O) groups excluding carboxylic acids is 1. The Hall–Kier alpha value is -1.08. The summed E-state index contributed by atoms with van der Waals surface area (Å²) in [6.45, 7) is 3.38. The average molecular weight is 223 g/mol. The lowest BCUT2D eigenvalue weighted by Gasteiger charge is -2.24. The lowest BCUT2D eigenvalue weighted by molar-refractivity contribution is -0.123. The molecule has 1 saturated carbocycles. The number of likely N-dealkylation sites (N-methyl/N-ethyl adjacent to an activating group) is 1. The van der Waals surface area contributed by atoms with Crippen molar-refractivity contribution in [3.63, 3.8) is 0 Å². The predicted molar refractivity (Wildman–Crippen MR) is 62.7 cm³/mol. The summed E-state index contributed by atoms with van der Waals surface area (Å²) in [4.78, 5) is 13.5. The van der Waals surface area contributed by atoms with Crippen molar-refractivity contribution in [3.05, 3.63) is 0 Å². The van der Waals surface area contributed by atoms with Gasteiger partial charge < -0.3 is 5.32 Å². The summed E-state index contributed by atoms with van der Waals surface area (Å²) in [6, 6.07) is 2.44. The standard InChI is InChI=1S/C12H21N3O/c1-2-15(9-8-13)10-12(16)14-11-6-4-3-5-7-11/h11H,2-7,9-10H2,1H3,(H,14,16). The van der Waals surface area contributed by atoms with Crippen LogP contribution in [0.1, 0.15) is 39.0 Å². The van der Waals surface area contributed by atoms with Crippen LogP contribution in [0.4, 0.5) is 0 Å². The minimum Gasteiger partial charge on any atom is -0.352 e. The Kier molecular flexibility index (Phi) is 5.87. The summed E-state index contributed by atoms with van der Waals surface area (Å²) >= 11 is 0. The van der Waals surface area contributed by atoms with Gasteiger partial charge in [0.15, 0.2) is 0 Å². The number of carbonyl (C=O) groups is 1. The van der Waals surface area contributed by atoms with E-state index < -0.39 is 0 Å². The van der Waals surface area contributed by atoms with Gasteiger partial charge in [-0.25, -0.2) is 0 Å². The van der Waals surface area contributed by atoms with Gasteiger partial charge in [0, 0.05) is 6.04 Å². The number of nitriles is 1. The second-order valence-corrected chi connectivity index (χ2v) is 4.36. The normalized spacial score (nSPS) is 17.1. The summed E-state index contributed by atoms with van der Waals surface area (Å²) in [5.41, 5.74) is 0. The molecule has 0 unspecified atom stereocenters. The molecule has 16 heavy (non-hydrogen) atoms. The molecule has 0 bridgehead atoms. The van der Waals surface area contributed by atoms with E-state index >= 15 is 0 Å². The fourth-order valence-electron chi connectivity index (χ4n) is 2.10. The average Bonchev–Trinajstić information content (AvgIpc) is 2.29. The van der Waals surface area contributed by atoms with Gasteiger partial charge in [-0.15, -0.1) is 0 Å². The van der Waals surface area contributed by atoms with Gasteiger partial charge in [0.05, 0.1) is 19.2 Å². The summed E-state index contributed by atoms with van der Waals surface area (Å²) in [5.74, 6) is 0.0593. The van der Waals surface area contributed by atoms with Crippen molar-refractivity contribution in [2.24, 2.45) is 0 Å². The predicted octanol–water partition coefficient (Wildman–Crippen LogP) is 1.28. The zero-order chi connectivity index (χ0) is 11.8. The van der Waals surface area contributed by atoms with Crippen LogP contribution in [-0.2, 0) is 4.79 Å². The molecular formula is C12H21N3O. The van der Waals surface area contributed by atoms with Crippen molar-refractivity contribution in [2.45, 2.75) is 45.1 Å². The Morgan fingerprint density at radius 2 is 2.12 bits per heavy atom. The van der Waals surface area contributed by atoms with E-state index in [1.807, 2.05) is 11.8 Å². The third-order valence-corrected chi connectivity index (χ3v) is 3.08. The summed E-state index contributed by atoms with van der Waals surface area (Å²) in [7, 11) is 0. The minimum atomic E-state index is 0.0593. The molecule has 1 aliphatic rings. The van der Waals surface area contributed by atoms with E-state index in [0.29, 0.717) is 19.1 Å². The first-order valence-electron chi connectivity index (χ1n) is 6.15. The number of nitrogens with one attached hydrogen (secondary N) is 1. The molecule has 0 atom stereocenters. The molecule has 4 heteroatoms. The second kappa shape index (κ2) is 7.24. The smallest absolute Gasteiger partial charge is 0.234 e. The summed E-state index contributed by atoms with van der Waals surface area (Å²) in [5, 5.41) is 11.6. The third kappa shape index (κ3) is 4.63. The lowest BCUT2D eigenvalue weighted by atomic mass is 9.95. The zero-order valence-corrected chi connectivity index (χ0v) is 10.0. The van der Waals surface area contributed by atoms with E-state index in [0.717, 1.165) is 19.4 Å². The van der Waals surface area contributed by atoms with E-state index in [1.54, 1.807) is 0 Å². The van der Waals surface area contributed by atoms with Gasteiger partial charge in [-0.05, 0) is 19.4 Å². The highest BCUT2D eigenvalue weighted by molar-refractivity contribution is 5.78. The van der Waals surface area contributed by atoms with Gasteiger partial charge >= 0.3 is 0 Å². The summed E-state index contributed by atoms with van der Waals surface area (Å²) < 4.78 is 0. The second-order valence-electron chi connectivity index (χ2n) is 4.36. The maximum atomic E-state index is 11.7. The Labute approximate surface area is 97.6 Å². The minimum absolute atomic E-state index is 0.0593. The van der Waals surface area contributed by atoms with Crippen molar-refractivity contribution >= 4 is 5.91 Å². The molecule has 0 spiro atoms. The van der Waals surface area contributed by atoms with Crippen LogP contribution in [-0.4, -0.2) is 36.5 Å². The number of hydrogen-bond acceptors (Lipinski definition) is 3. The van der Waals surface area contributed by atoms with Crippen LogP contribution in [0, 0.1) is 11.3 Å². The van der Waals surface area contributed by atoms with Crippen LogP contribution < -0.4 is 5.32 Å². The number of amides is 1. The summed E-state index contributed by atoms with van der Waals surface area (Å²) in [6.07, 6.45) is 5.95. The van der Waals surface area contributed by atoms with E-state index in [-0.39, 0.29) is 5.91 Å². The number of hydrogen-bond donors (Lipinski definition) is 1. The molecule has 1 amide bonds. The van der Waals surface area contributed by atoms with Crippen LogP contribution >= 0.6 is 0 Å². The van der Waals surface area contributed by atoms with E-state index in [9.17, 15) is 4.79 Å².